The zero-order chi connectivity index (χ0) is 19.9. The summed E-state index contributed by atoms with van der Waals surface area (Å²) in [5, 5.41) is 24.1. The molecule has 0 fully saturated rings. The van der Waals surface area contributed by atoms with E-state index in [1.807, 2.05) is 0 Å². The van der Waals surface area contributed by atoms with Gasteiger partial charge in [-0.25, -0.2) is 4.68 Å². The van der Waals surface area contributed by atoms with Crippen LogP contribution in [-0.2, 0) is 6.18 Å². The van der Waals surface area contributed by atoms with Crippen LogP contribution in [0.3, 0.4) is 0 Å². The number of fused-ring (bicyclic) bond motifs is 1. The van der Waals surface area contributed by atoms with Crippen LogP contribution in [-0.4, -0.2) is 30.0 Å². The Bertz CT molecular complexity index is 1020. The monoisotopic (exact) mass is 382 g/mol. The summed E-state index contributed by atoms with van der Waals surface area (Å²) in [4.78, 5) is 18.3. The highest BCUT2D eigenvalue weighted by atomic mass is 19.4. The minimum atomic E-state index is -4.45. The number of aromatic nitrogens is 4. The first-order chi connectivity index (χ1) is 12.6. The summed E-state index contributed by atoms with van der Waals surface area (Å²) in [5.41, 5.74) is -0.818. The van der Waals surface area contributed by atoms with Gasteiger partial charge in [-0.05, 0) is 31.0 Å². The Hall–Kier alpha value is -2.88. The average molecular weight is 382 g/mol. The molecule has 27 heavy (non-hydrogen) atoms. The molecule has 0 radical (unpaired) electrons. The second kappa shape index (κ2) is 6.69. The molecule has 3 aromatic rings. The molecule has 0 spiro atoms. The molecule has 0 aliphatic carbocycles. The highest BCUT2D eigenvalue weighted by molar-refractivity contribution is 5.78. The van der Waals surface area contributed by atoms with Crippen molar-refractivity contribution in [2.24, 2.45) is 0 Å². The first-order valence-electron chi connectivity index (χ1n) is 8.20. The summed E-state index contributed by atoms with van der Waals surface area (Å²) >= 11 is 0. The molecule has 0 amide bonds. The van der Waals surface area contributed by atoms with Gasteiger partial charge in [0.05, 0.1) is 17.7 Å². The second-order valence-corrected chi connectivity index (χ2v) is 6.14. The van der Waals surface area contributed by atoms with Gasteiger partial charge in [-0.1, -0.05) is 19.1 Å². The van der Waals surface area contributed by atoms with Crippen molar-refractivity contribution in [3.05, 3.63) is 51.4 Å². The number of hydrogen-bond donors (Lipinski definition) is 3. The summed E-state index contributed by atoms with van der Waals surface area (Å²) in [6.07, 6.45) is -5.18. The normalized spacial score (nSPS) is 14.4. The van der Waals surface area contributed by atoms with E-state index in [0.29, 0.717) is 12.0 Å². The average Bonchev–Trinajstić information content (AvgIpc) is 2.99. The fourth-order valence-corrected chi connectivity index (χ4v) is 2.85. The minimum absolute atomic E-state index is 0.0286. The Kier molecular flexibility index (Phi) is 4.68. The summed E-state index contributed by atoms with van der Waals surface area (Å²) in [6, 6.07) is 3.31. The molecule has 0 saturated carbocycles. The quantitative estimate of drug-likeness (QED) is 0.644. The highest BCUT2D eigenvalue weighted by Crippen LogP contribution is 2.31. The van der Waals surface area contributed by atoms with E-state index in [0.717, 1.165) is 12.1 Å². The SMILES string of the molecule is CC[C@@H](O)c1nn([C@H](C)c2ccc(C(F)(F)F)cc2)c2nc(O)[nH]c(=O)c12. The van der Waals surface area contributed by atoms with Crippen molar-refractivity contribution in [2.45, 2.75) is 38.6 Å². The van der Waals surface area contributed by atoms with Crippen LogP contribution in [0.4, 0.5) is 13.2 Å². The molecular weight excluding hydrogens is 365 g/mol. The number of nitrogens with zero attached hydrogens (tertiary/aromatic N) is 3. The van der Waals surface area contributed by atoms with Crippen molar-refractivity contribution in [3.8, 4) is 6.01 Å². The van der Waals surface area contributed by atoms with Crippen LogP contribution in [0.2, 0.25) is 0 Å². The molecule has 144 valence electrons. The molecule has 3 rings (SSSR count). The fraction of sp³-hybridized carbons (Fsp3) is 0.353. The van der Waals surface area contributed by atoms with Gasteiger partial charge in [-0.2, -0.15) is 23.3 Å². The predicted molar refractivity (Wildman–Crippen MR) is 90.3 cm³/mol. The van der Waals surface area contributed by atoms with Gasteiger partial charge in [0.15, 0.2) is 5.65 Å². The summed E-state index contributed by atoms with van der Waals surface area (Å²) < 4.78 is 39.6. The first-order valence-corrected chi connectivity index (χ1v) is 8.20. The number of alkyl halides is 3. The van der Waals surface area contributed by atoms with Crippen LogP contribution in [0.25, 0.3) is 11.0 Å². The Morgan fingerprint density at radius 1 is 1.26 bits per heavy atom. The van der Waals surface area contributed by atoms with E-state index in [2.05, 4.69) is 15.1 Å². The van der Waals surface area contributed by atoms with Crippen LogP contribution in [0.1, 0.15) is 49.2 Å². The van der Waals surface area contributed by atoms with E-state index in [-0.39, 0.29) is 16.7 Å². The maximum atomic E-state index is 12.8. The van der Waals surface area contributed by atoms with Gasteiger partial charge < -0.3 is 10.2 Å². The van der Waals surface area contributed by atoms with Crippen molar-refractivity contribution >= 4 is 11.0 Å². The number of aliphatic hydroxyl groups is 1. The Morgan fingerprint density at radius 2 is 1.89 bits per heavy atom. The second-order valence-electron chi connectivity index (χ2n) is 6.14. The van der Waals surface area contributed by atoms with E-state index >= 15 is 0 Å². The maximum Gasteiger partial charge on any atom is 0.416 e. The summed E-state index contributed by atoms with van der Waals surface area (Å²) in [7, 11) is 0. The van der Waals surface area contributed by atoms with Crippen molar-refractivity contribution in [1.29, 1.82) is 0 Å². The molecule has 0 saturated heterocycles. The Labute approximate surface area is 151 Å². The van der Waals surface area contributed by atoms with Crippen LogP contribution in [0.5, 0.6) is 6.01 Å². The van der Waals surface area contributed by atoms with Gasteiger partial charge in [-0.15, -0.1) is 0 Å². The number of halogens is 3. The molecular formula is C17H17F3N4O3. The maximum absolute atomic E-state index is 12.8. The van der Waals surface area contributed by atoms with Crippen molar-refractivity contribution < 1.29 is 23.4 Å². The van der Waals surface area contributed by atoms with E-state index in [4.69, 9.17) is 0 Å². The van der Waals surface area contributed by atoms with Crippen LogP contribution in [0.15, 0.2) is 29.1 Å². The number of aromatic amines is 1. The van der Waals surface area contributed by atoms with E-state index in [1.54, 1.807) is 13.8 Å². The standard InChI is InChI=1S/C17H17F3N4O3/c1-3-11(25)13-12-14(21-16(27)22-15(12)26)24(23-13)8(2)9-4-6-10(7-5-9)17(18,19)20/h4-8,11,25H,3H2,1-2H3,(H2,21,22,26,27)/t8-,11-/m1/s1. The zero-order valence-corrected chi connectivity index (χ0v) is 14.4. The molecule has 0 aliphatic rings. The van der Waals surface area contributed by atoms with E-state index < -0.39 is 35.5 Å². The molecule has 0 unspecified atom stereocenters. The molecule has 10 heteroatoms. The first kappa shape index (κ1) is 18.9. The third-order valence-corrected chi connectivity index (χ3v) is 4.37. The lowest BCUT2D eigenvalue weighted by Gasteiger charge is -2.15. The van der Waals surface area contributed by atoms with E-state index in [1.165, 1.54) is 16.8 Å². The summed E-state index contributed by atoms with van der Waals surface area (Å²) in [5.74, 6) is 0. The largest absolute Gasteiger partial charge is 0.480 e. The predicted octanol–water partition coefficient (Wildman–Crippen LogP) is 2.90. The van der Waals surface area contributed by atoms with Crippen molar-refractivity contribution in [2.75, 3.05) is 0 Å². The third kappa shape index (κ3) is 3.39. The number of hydrogen-bond acceptors (Lipinski definition) is 5. The number of aliphatic hydroxyl groups excluding tert-OH is 1. The topological polar surface area (TPSA) is 104 Å². The molecule has 2 heterocycles. The molecule has 7 nitrogen and oxygen atoms in total. The van der Waals surface area contributed by atoms with Gasteiger partial charge in [-0.3, -0.25) is 9.78 Å². The number of nitrogens with one attached hydrogen (secondary N) is 1. The van der Waals surface area contributed by atoms with Gasteiger partial charge in [0.2, 0.25) is 0 Å². The molecule has 0 aliphatic heterocycles. The van der Waals surface area contributed by atoms with E-state index in [9.17, 15) is 28.2 Å². The smallest absolute Gasteiger partial charge is 0.416 e. The summed E-state index contributed by atoms with van der Waals surface area (Å²) in [6.45, 7) is 3.37. The fourth-order valence-electron chi connectivity index (χ4n) is 2.85. The van der Waals surface area contributed by atoms with Gasteiger partial charge in [0, 0.05) is 0 Å². The zero-order valence-electron chi connectivity index (χ0n) is 14.4. The van der Waals surface area contributed by atoms with Crippen LogP contribution in [0, 0.1) is 0 Å². The lowest BCUT2D eigenvalue weighted by molar-refractivity contribution is -0.137. The lowest BCUT2D eigenvalue weighted by Crippen LogP contribution is -2.12. The number of benzene rings is 1. The number of aromatic hydroxyl groups is 1. The molecule has 2 aromatic heterocycles. The molecule has 3 N–H and O–H groups in total. The molecule has 1 aromatic carbocycles. The third-order valence-electron chi connectivity index (χ3n) is 4.37. The minimum Gasteiger partial charge on any atom is -0.480 e. The number of rotatable bonds is 4. The van der Waals surface area contributed by atoms with Crippen LogP contribution < -0.4 is 5.56 Å². The molecule has 2 atom stereocenters. The Balaban J connectivity index is 2.14. The van der Waals surface area contributed by atoms with Crippen molar-refractivity contribution in [1.82, 2.24) is 19.7 Å². The highest BCUT2D eigenvalue weighted by Gasteiger charge is 2.30. The van der Waals surface area contributed by atoms with Gasteiger partial charge >= 0.3 is 6.18 Å². The van der Waals surface area contributed by atoms with Crippen molar-refractivity contribution in [3.63, 3.8) is 0 Å². The van der Waals surface area contributed by atoms with Crippen LogP contribution >= 0.6 is 0 Å². The lowest BCUT2D eigenvalue weighted by atomic mass is 10.1. The van der Waals surface area contributed by atoms with Gasteiger partial charge in [0.1, 0.15) is 11.1 Å². The number of H-pyrrole nitrogens is 1. The Morgan fingerprint density at radius 3 is 2.44 bits per heavy atom. The molecule has 0 bridgehead atoms. The van der Waals surface area contributed by atoms with Gasteiger partial charge in [0.25, 0.3) is 11.6 Å².